The molecule has 162 valence electrons. The summed E-state index contributed by atoms with van der Waals surface area (Å²) in [6.45, 7) is 7.61. The van der Waals surface area contributed by atoms with Gasteiger partial charge in [-0.25, -0.2) is 4.98 Å². The third-order valence-corrected chi connectivity index (χ3v) is 6.17. The van der Waals surface area contributed by atoms with Crippen LogP contribution in [0.1, 0.15) is 18.4 Å². The lowest BCUT2D eigenvalue weighted by atomic mass is 9.97. The minimum atomic E-state index is -0.106. The van der Waals surface area contributed by atoms with Crippen LogP contribution in [0.25, 0.3) is 10.9 Å². The Morgan fingerprint density at radius 3 is 2.87 bits per heavy atom. The number of hydrogen-bond donors (Lipinski definition) is 1. The predicted molar refractivity (Wildman–Crippen MR) is 113 cm³/mol. The van der Waals surface area contributed by atoms with E-state index in [0.29, 0.717) is 24.4 Å². The quantitative estimate of drug-likeness (QED) is 0.726. The monoisotopic (exact) mass is 414 g/mol. The van der Waals surface area contributed by atoms with Crippen LogP contribution < -0.4 is 10.9 Å². The molecule has 1 aromatic carbocycles. The summed E-state index contributed by atoms with van der Waals surface area (Å²) in [6, 6.07) is 5.84. The largest absolute Gasteiger partial charge is 0.381 e. The second kappa shape index (κ2) is 9.68. The number of nitrogens with one attached hydrogen (secondary N) is 1. The predicted octanol–water partition coefficient (Wildman–Crippen LogP) is 0.949. The smallest absolute Gasteiger partial charge is 0.261 e. The zero-order valence-electron chi connectivity index (χ0n) is 17.5. The first kappa shape index (κ1) is 21.0. The Hall–Kier alpha value is -2.29. The molecule has 2 aliphatic rings. The molecule has 8 nitrogen and oxygen atoms in total. The van der Waals surface area contributed by atoms with Gasteiger partial charge in [0.05, 0.1) is 37.1 Å². The van der Waals surface area contributed by atoms with E-state index in [4.69, 9.17) is 9.47 Å². The molecule has 0 radical (unpaired) electrons. The van der Waals surface area contributed by atoms with E-state index in [1.54, 1.807) is 6.07 Å². The third kappa shape index (κ3) is 4.71. The van der Waals surface area contributed by atoms with Gasteiger partial charge in [-0.2, -0.15) is 0 Å². The molecular weight excluding hydrogens is 384 g/mol. The molecule has 0 saturated carbocycles. The van der Waals surface area contributed by atoms with Gasteiger partial charge in [-0.05, 0) is 25.0 Å². The van der Waals surface area contributed by atoms with Crippen molar-refractivity contribution >= 4 is 16.8 Å². The molecule has 1 amide bonds. The maximum absolute atomic E-state index is 12.7. The first-order valence-electron chi connectivity index (χ1n) is 10.7. The van der Waals surface area contributed by atoms with Crippen LogP contribution in [0.3, 0.4) is 0 Å². The van der Waals surface area contributed by atoms with Gasteiger partial charge in [0.25, 0.3) is 5.56 Å². The summed E-state index contributed by atoms with van der Waals surface area (Å²) in [4.78, 5) is 32.0. The van der Waals surface area contributed by atoms with Gasteiger partial charge in [0.2, 0.25) is 5.91 Å². The molecule has 2 saturated heterocycles. The molecule has 8 heteroatoms. The van der Waals surface area contributed by atoms with E-state index in [2.05, 4.69) is 15.2 Å². The van der Waals surface area contributed by atoms with Crippen molar-refractivity contribution < 1.29 is 14.3 Å². The lowest BCUT2D eigenvalue weighted by Gasteiger charge is -2.37. The van der Waals surface area contributed by atoms with Crippen molar-refractivity contribution in [2.45, 2.75) is 32.4 Å². The van der Waals surface area contributed by atoms with Crippen LogP contribution in [-0.2, 0) is 20.8 Å². The van der Waals surface area contributed by atoms with E-state index in [9.17, 15) is 9.59 Å². The number of fused-ring (bicyclic) bond motifs is 1. The van der Waals surface area contributed by atoms with Gasteiger partial charge in [-0.3, -0.25) is 19.1 Å². The van der Waals surface area contributed by atoms with Crippen LogP contribution in [0.5, 0.6) is 0 Å². The molecule has 0 aliphatic carbocycles. The van der Waals surface area contributed by atoms with Crippen molar-refractivity contribution in [2.75, 3.05) is 46.1 Å². The fraction of sp³-hybridized carbons (Fsp3) is 0.591. The van der Waals surface area contributed by atoms with Crippen molar-refractivity contribution in [1.82, 2.24) is 19.8 Å². The number of para-hydroxylation sites is 1. The van der Waals surface area contributed by atoms with Crippen molar-refractivity contribution in [2.24, 2.45) is 5.92 Å². The molecule has 2 fully saturated rings. The number of amides is 1. The first-order valence-corrected chi connectivity index (χ1v) is 10.7. The SMILES string of the molecule is Cc1cccc2c(=O)n(CCC(=O)NCC(C3CCOC3)N3CCOCC3)cnc12. The number of carbonyl (C=O) groups excluding carboxylic acids is 1. The Bertz CT molecular complexity index is 932. The molecule has 1 aromatic heterocycles. The highest BCUT2D eigenvalue weighted by Crippen LogP contribution is 2.22. The number of hydrogen-bond acceptors (Lipinski definition) is 6. The molecule has 1 N–H and O–H groups in total. The Morgan fingerprint density at radius 1 is 1.27 bits per heavy atom. The maximum atomic E-state index is 12.7. The van der Waals surface area contributed by atoms with E-state index in [-0.39, 0.29) is 23.9 Å². The molecule has 0 spiro atoms. The number of benzene rings is 1. The summed E-state index contributed by atoms with van der Waals surface area (Å²) in [5.41, 5.74) is 1.58. The Labute approximate surface area is 176 Å². The van der Waals surface area contributed by atoms with Gasteiger partial charge < -0.3 is 14.8 Å². The van der Waals surface area contributed by atoms with E-state index >= 15 is 0 Å². The molecule has 2 unspecified atom stereocenters. The van der Waals surface area contributed by atoms with Gasteiger partial charge in [0, 0.05) is 51.2 Å². The molecular formula is C22H30N4O4. The fourth-order valence-corrected chi connectivity index (χ4v) is 4.38. The second-order valence-electron chi connectivity index (χ2n) is 8.11. The molecule has 30 heavy (non-hydrogen) atoms. The van der Waals surface area contributed by atoms with Gasteiger partial charge in [0.15, 0.2) is 0 Å². The van der Waals surface area contributed by atoms with Crippen LogP contribution in [0, 0.1) is 12.8 Å². The highest BCUT2D eigenvalue weighted by atomic mass is 16.5. The van der Waals surface area contributed by atoms with E-state index in [1.165, 1.54) is 10.9 Å². The Balaban J connectivity index is 1.35. The zero-order valence-corrected chi connectivity index (χ0v) is 17.5. The standard InChI is InChI=1S/C22H30N4O4/c1-16-3-2-4-18-21(16)24-15-26(22(18)28)7-5-20(27)23-13-19(17-6-10-30-14-17)25-8-11-29-12-9-25/h2-4,15,17,19H,5-14H2,1H3,(H,23,27). The Kier molecular flexibility index (Phi) is 6.76. The van der Waals surface area contributed by atoms with Crippen LogP contribution in [0.4, 0.5) is 0 Å². The number of morpholine rings is 1. The second-order valence-corrected chi connectivity index (χ2v) is 8.11. The van der Waals surface area contributed by atoms with Gasteiger partial charge in [-0.1, -0.05) is 12.1 Å². The summed E-state index contributed by atoms with van der Waals surface area (Å²) in [5, 5.41) is 3.67. The number of rotatable bonds is 7. The van der Waals surface area contributed by atoms with Crippen LogP contribution in [0.2, 0.25) is 0 Å². The molecule has 2 aromatic rings. The number of aryl methyl sites for hydroxylation is 2. The lowest BCUT2D eigenvalue weighted by Crippen LogP contribution is -2.52. The fourth-order valence-electron chi connectivity index (χ4n) is 4.38. The average molecular weight is 415 g/mol. The van der Waals surface area contributed by atoms with Gasteiger partial charge >= 0.3 is 0 Å². The zero-order chi connectivity index (χ0) is 20.9. The van der Waals surface area contributed by atoms with Crippen molar-refractivity contribution in [3.05, 3.63) is 40.4 Å². The van der Waals surface area contributed by atoms with Crippen molar-refractivity contribution in [1.29, 1.82) is 0 Å². The number of ether oxygens (including phenoxy) is 2. The van der Waals surface area contributed by atoms with Gasteiger partial charge in [-0.15, -0.1) is 0 Å². The third-order valence-electron chi connectivity index (χ3n) is 6.17. The van der Waals surface area contributed by atoms with Crippen molar-refractivity contribution in [3.63, 3.8) is 0 Å². The molecule has 2 aliphatic heterocycles. The Morgan fingerprint density at radius 2 is 2.10 bits per heavy atom. The highest BCUT2D eigenvalue weighted by molar-refractivity contribution is 5.80. The summed E-state index contributed by atoms with van der Waals surface area (Å²) < 4.78 is 12.6. The molecule has 3 heterocycles. The summed E-state index contributed by atoms with van der Waals surface area (Å²) in [6.07, 6.45) is 2.81. The van der Waals surface area contributed by atoms with Gasteiger partial charge in [0.1, 0.15) is 0 Å². The van der Waals surface area contributed by atoms with Crippen LogP contribution in [0.15, 0.2) is 29.3 Å². The average Bonchev–Trinajstić information content (AvgIpc) is 3.29. The summed E-state index contributed by atoms with van der Waals surface area (Å²) >= 11 is 0. The highest BCUT2D eigenvalue weighted by Gasteiger charge is 2.31. The number of aromatic nitrogens is 2. The van der Waals surface area contributed by atoms with Crippen LogP contribution >= 0.6 is 0 Å². The number of nitrogens with zero attached hydrogens (tertiary/aromatic N) is 3. The lowest BCUT2D eigenvalue weighted by molar-refractivity contribution is -0.121. The minimum absolute atomic E-state index is 0.0524. The normalized spacial score (nSPS) is 21.0. The van der Waals surface area contributed by atoms with E-state index < -0.39 is 0 Å². The summed E-state index contributed by atoms with van der Waals surface area (Å²) in [7, 11) is 0. The van der Waals surface area contributed by atoms with Crippen molar-refractivity contribution in [3.8, 4) is 0 Å². The van der Waals surface area contributed by atoms with E-state index in [0.717, 1.165) is 57.0 Å². The maximum Gasteiger partial charge on any atom is 0.261 e. The topological polar surface area (TPSA) is 85.7 Å². The molecule has 2 atom stereocenters. The molecule has 4 rings (SSSR count). The molecule has 0 bridgehead atoms. The minimum Gasteiger partial charge on any atom is -0.381 e. The van der Waals surface area contributed by atoms with Crippen LogP contribution in [-0.4, -0.2) is 72.5 Å². The number of carbonyl (C=O) groups is 1. The first-order chi connectivity index (χ1) is 14.6. The summed E-state index contributed by atoms with van der Waals surface area (Å²) in [5.74, 6) is 0.377. The van der Waals surface area contributed by atoms with E-state index in [1.807, 2.05) is 19.1 Å².